The van der Waals surface area contributed by atoms with Gasteiger partial charge in [-0.3, -0.25) is 4.79 Å². The van der Waals surface area contributed by atoms with Crippen molar-refractivity contribution in [2.24, 2.45) is 0 Å². The van der Waals surface area contributed by atoms with Gasteiger partial charge in [-0.15, -0.1) is 0 Å². The van der Waals surface area contributed by atoms with Gasteiger partial charge in [0.2, 0.25) is 0 Å². The summed E-state index contributed by atoms with van der Waals surface area (Å²) in [6.45, 7) is 3.01. The number of rotatable bonds is 5. The highest BCUT2D eigenvalue weighted by atomic mass is 16.3. The molecule has 1 aromatic heterocycles. The van der Waals surface area contributed by atoms with Crippen molar-refractivity contribution in [1.82, 2.24) is 0 Å². The molecule has 3 aromatic rings. The van der Waals surface area contributed by atoms with Crippen LogP contribution < -0.4 is 16.5 Å². The van der Waals surface area contributed by atoms with Crippen LogP contribution in [0.2, 0.25) is 0 Å². The van der Waals surface area contributed by atoms with E-state index in [1.165, 1.54) is 6.07 Å². The third-order valence-corrected chi connectivity index (χ3v) is 3.79. The van der Waals surface area contributed by atoms with Gasteiger partial charge < -0.3 is 15.5 Å². The lowest BCUT2D eigenvalue weighted by Crippen LogP contribution is -2.05. The van der Waals surface area contributed by atoms with Crippen LogP contribution in [0.4, 0.5) is 11.4 Å². The molecule has 23 heavy (non-hydrogen) atoms. The van der Waals surface area contributed by atoms with Crippen LogP contribution >= 0.6 is 0 Å². The number of benzene rings is 2. The van der Waals surface area contributed by atoms with E-state index in [1.807, 2.05) is 30.3 Å². The van der Waals surface area contributed by atoms with Gasteiger partial charge in [0.15, 0.2) is 5.43 Å². The first-order valence-corrected chi connectivity index (χ1v) is 7.85. The van der Waals surface area contributed by atoms with Crippen LogP contribution in [0.3, 0.4) is 0 Å². The molecule has 3 N–H and O–H groups in total. The first-order valence-electron chi connectivity index (χ1n) is 7.85. The van der Waals surface area contributed by atoms with E-state index in [0.717, 1.165) is 30.6 Å². The summed E-state index contributed by atoms with van der Waals surface area (Å²) in [6.07, 6.45) is 2.19. The van der Waals surface area contributed by atoms with Crippen molar-refractivity contribution in [3.63, 3.8) is 0 Å². The van der Waals surface area contributed by atoms with Crippen LogP contribution in [0.25, 0.3) is 22.3 Å². The molecule has 0 amide bonds. The van der Waals surface area contributed by atoms with E-state index in [-0.39, 0.29) is 5.43 Å². The highest BCUT2D eigenvalue weighted by molar-refractivity contribution is 5.82. The summed E-state index contributed by atoms with van der Waals surface area (Å²) in [7, 11) is 0. The van der Waals surface area contributed by atoms with Gasteiger partial charge in [0, 0.05) is 29.5 Å². The Hall–Kier alpha value is -2.75. The predicted octanol–water partition coefficient (Wildman–Crippen LogP) is 4.25. The van der Waals surface area contributed by atoms with Crippen LogP contribution in [0.15, 0.2) is 57.7 Å². The van der Waals surface area contributed by atoms with Crippen LogP contribution in [0.1, 0.15) is 19.8 Å². The molecule has 4 nitrogen and oxygen atoms in total. The van der Waals surface area contributed by atoms with Crippen molar-refractivity contribution in [2.75, 3.05) is 17.6 Å². The monoisotopic (exact) mass is 308 g/mol. The molecular formula is C19H20N2O2. The summed E-state index contributed by atoms with van der Waals surface area (Å²) in [5.41, 5.74) is 8.82. The molecule has 4 heteroatoms. The molecule has 0 aliphatic rings. The van der Waals surface area contributed by atoms with E-state index >= 15 is 0 Å². The van der Waals surface area contributed by atoms with Crippen molar-refractivity contribution in [1.29, 1.82) is 0 Å². The topological polar surface area (TPSA) is 68.3 Å². The van der Waals surface area contributed by atoms with E-state index in [4.69, 9.17) is 10.2 Å². The average molecular weight is 308 g/mol. The minimum atomic E-state index is -0.0521. The Balaban J connectivity index is 2.10. The first-order chi connectivity index (χ1) is 11.2. The fourth-order valence-electron chi connectivity index (χ4n) is 2.56. The highest BCUT2D eigenvalue weighted by Crippen LogP contribution is 2.31. The smallest absolute Gasteiger partial charge is 0.193 e. The molecule has 3 rings (SSSR count). The Bertz CT molecular complexity index is 884. The highest BCUT2D eigenvalue weighted by Gasteiger charge is 2.11. The summed E-state index contributed by atoms with van der Waals surface area (Å²) in [6, 6.07) is 14.4. The Labute approximate surface area is 134 Å². The molecule has 0 bridgehead atoms. The number of nitrogens with two attached hydrogens (primary N) is 1. The number of hydrogen-bond donors (Lipinski definition) is 2. The van der Waals surface area contributed by atoms with E-state index in [1.54, 1.807) is 12.1 Å². The van der Waals surface area contributed by atoms with Gasteiger partial charge in [0.1, 0.15) is 11.3 Å². The Kier molecular flexibility index (Phi) is 4.33. The molecule has 0 spiro atoms. The van der Waals surface area contributed by atoms with Crippen molar-refractivity contribution in [3.8, 4) is 11.3 Å². The largest absolute Gasteiger partial charge is 0.456 e. The van der Waals surface area contributed by atoms with E-state index in [2.05, 4.69) is 12.2 Å². The summed E-state index contributed by atoms with van der Waals surface area (Å²) < 4.78 is 5.94. The maximum absolute atomic E-state index is 12.3. The van der Waals surface area contributed by atoms with Gasteiger partial charge in [0.25, 0.3) is 0 Å². The molecule has 0 saturated heterocycles. The lowest BCUT2D eigenvalue weighted by atomic mass is 10.1. The van der Waals surface area contributed by atoms with Gasteiger partial charge in [-0.05, 0) is 36.8 Å². The molecule has 0 radical (unpaired) electrons. The molecule has 118 valence electrons. The number of hydrogen-bond acceptors (Lipinski definition) is 4. The van der Waals surface area contributed by atoms with Crippen molar-refractivity contribution < 1.29 is 4.42 Å². The van der Waals surface area contributed by atoms with Crippen molar-refractivity contribution >= 4 is 22.3 Å². The molecule has 0 aliphatic heterocycles. The minimum absolute atomic E-state index is 0.0521. The molecule has 0 saturated carbocycles. The van der Waals surface area contributed by atoms with Gasteiger partial charge in [-0.2, -0.15) is 0 Å². The van der Waals surface area contributed by atoms with E-state index < -0.39 is 0 Å². The third-order valence-electron chi connectivity index (χ3n) is 3.79. The summed E-state index contributed by atoms with van der Waals surface area (Å²) in [5.74, 6) is 0.528. The average Bonchev–Trinajstić information content (AvgIpc) is 2.56. The minimum Gasteiger partial charge on any atom is -0.456 e. The Morgan fingerprint density at radius 1 is 1.13 bits per heavy atom. The molecule has 0 aliphatic carbocycles. The maximum atomic E-state index is 12.3. The SMILES string of the molecule is CCCCNc1ccc(N)cc1-c1cc(=O)c2ccccc2o1. The Morgan fingerprint density at radius 2 is 1.96 bits per heavy atom. The molecule has 0 fully saturated rings. The lowest BCUT2D eigenvalue weighted by Gasteiger charge is -2.12. The van der Waals surface area contributed by atoms with Crippen LogP contribution in [-0.2, 0) is 0 Å². The normalized spacial score (nSPS) is 10.8. The van der Waals surface area contributed by atoms with Crippen LogP contribution in [-0.4, -0.2) is 6.54 Å². The quantitative estimate of drug-likeness (QED) is 0.546. The van der Waals surface area contributed by atoms with E-state index in [0.29, 0.717) is 22.4 Å². The van der Waals surface area contributed by atoms with E-state index in [9.17, 15) is 4.79 Å². The fourth-order valence-corrected chi connectivity index (χ4v) is 2.56. The Morgan fingerprint density at radius 3 is 2.78 bits per heavy atom. The first kappa shape index (κ1) is 15.2. The third kappa shape index (κ3) is 3.21. The number of nitrogens with one attached hydrogen (secondary N) is 1. The number of anilines is 2. The van der Waals surface area contributed by atoms with Crippen LogP contribution in [0, 0.1) is 0 Å². The predicted molar refractivity (Wildman–Crippen MR) is 95.7 cm³/mol. The zero-order valence-electron chi connectivity index (χ0n) is 13.1. The number of unbranched alkanes of at least 4 members (excludes halogenated alkanes) is 1. The van der Waals surface area contributed by atoms with Gasteiger partial charge in [-0.25, -0.2) is 0 Å². The molecule has 0 unspecified atom stereocenters. The van der Waals surface area contributed by atoms with Crippen molar-refractivity contribution in [3.05, 3.63) is 58.8 Å². The second-order valence-electron chi connectivity index (χ2n) is 5.56. The maximum Gasteiger partial charge on any atom is 0.193 e. The van der Waals surface area contributed by atoms with Crippen LogP contribution in [0.5, 0.6) is 0 Å². The number of nitrogen functional groups attached to an aromatic ring is 1. The second-order valence-corrected chi connectivity index (χ2v) is 5.56. The fraction of sp³-hybridized carbons (Fsp3) is 0.211. The molecule has 0 atom stereocenters. The lowest BCUT2D eigenvalue weighted by molar-refractivity contribution is 0.619. The summed E-state index contributed by atoms with van der Waals surface area (Å²) in [5, 5.41) is 3.97. The molecule has 1 heterocycles. The summed E-state index contributed by atoms with van der Waals surface area (Å²) >= 11 is 0. The molecular weight excluding hydrogens is 288 g/mol. The standard InChI is InChI=1S/C19H20N2O2/c1-2-3-10-21-16-9-8-13(20)11-15(16)19-12-17(22)14-6-4-5-7-18(14)23-19/h4-9,11-12,21H,2-3,10,20H2,1H3. The molecule has 2 aromatic carbocycles. The summed E-state index contributed by atoms with van der Waals surface area (Å²) in [4.78, 5) is 12.3. The number of fused-ring (bicyclic) bond motifs is 1. The van der Waals surface area contributed by atoms with Gasteiger partial charge >= 0.3 is 0 Å². The zero-order valence-corrected chi connectivity index (χ0v) is 13.1. The number of para-hydroxylation sites is 1. The van der Waals surface area contributed by atoms with Gasteiger partial charge in [0.05, 0.1) is 5.39 Å². The zero-order chi connectivity index (χ0) is 16.2. The van der Waals surface area contributed by atoms with Gasteiger partial charge in [-0.1, -0.05) is 25.5 Å². The van der Waals surface area contributed by atoms with Crippen molar-refractivity contribution in [2.45, 2.75) is 19.8 Å². The second kappa shape index (κ2) is 6.57.